The molecule has 0 bridgehead atoms. The van der Waals surface area contributed by atoms with Gasteiger partial charge in [0.2, 0.25) is 5.95 Å². The number of aromatic nitrogens is 2. The number of nitrogens with two attached hydrogens (primary N) is 1. The predicted molar refractivity (Wildman–Crippen MR) is 73.1 cm³/mol. The number of hydrogen-bond donors (Lipinski definition) is 3. The second-order valence-corrected chi connectivity index (χ2v) is 4.84. The summed E-state index contributed by atoms with van der Waals surface area (Å²) in [4.78, 5) is 10.7. The van der Waals surface area contributed by atoms with E-state index in [2.05, 4.69) is 27.2 Å². The standard InChI is InChI=1S/C12H20N6/c1-8(13)10-7-15-12(17-11(10)14)16-9-3-5-18(2)6-4-9/h7,9,13H,3-6H2,1-2H3,(H3,14,15,16,17). The zero-order valence-corrected chi connectivity index (χ0v) is 10.9. The molecule has 0 amide bonds. The Hall–Kier alpha value is -1.69. The second kappa shape index (κ2) is 5.30. The van der Waals surface area contributed by atoms with Crippen molar-refractivity contribution in [3.8, 4) is 0 Å². The zero-order valence-electron chi connectivity index (χ0n) is 10.9. The Morgan fingerprint density at radius 1 is 1.50 bits per heavy atom. The Bertz CT molecular complexity index is 436. The monoisotopic (exact) mass is 248 g/mol. The Labute approximate surface area is 107 Å². The molecular weight excluding hydrogens is 228 g/mol. The van der Waals surface area contributed by atoms with E-state index in [0.29, 0.717) is 29.1 Å². The van der Waals surface area contributed by atoms with Crippen LogP contribution in [0.25, 0.3) is 0 Å². The number of nitrogen functional groups attached to an aromatic ring is 1. The predicted octanol–water partition coefficient (Wildman–Crippen LogP) is 0.953. The van der Waals surface area contributed by atoms with Gasteiger partial charge in [0, 0.05) is 18.0 Å². The molecule has 98 valence electrons. The summed E-state index contributed by atoms with van der Waals surface area (Å²) in [5, 5.41) is 10.8. The number of likely N-dealkylation sites (tertiary alicyclic amines) is 1. The molecule has 0 radical (unpaired) electrons. The van der Waals surface area contributed by atoms with E-state index in [1.54, 1.807) is 13.1 Å². The van der Waals surface area contributed by atoms with Crippen molar-refractivity contribution in [1.82, 2.24) is 14.9 Å². The summed E-state index contributed by atoms with van der Waals surface area (Å²) in [6.07, 6.45) is 3.79. The first-order valence-corrected chi connectivity index (χ1v) is 6.19. The smallest absolute Gasteiger partial charge is 0.224 e. The van der Waals surface area contributed by atoms with Gasteiger partial charge < -0.3 is 21.4 Å². The van der Waals surface area contributed by atoms with Crippen molar-refractivity contribution in [2.45, 2.75) is 25.8 Å². The van der Waals surface area contributed by atoms with Gasteiger partial charge in [0.05, 0.1) is 5.56 Å². The van der Waals surface area contributed by atoms with Crippen LogP contribution >= 0.6 is 0 Å². The van der Waals surface area contributed by atoms with Crippen LogP contribution in [0.5, 0.6) is 0 Å². The summed E-state index contributed by atoms with van der Waals surface area (Å²) in [7, 11) is 2.13. The molecule has 4 N–H and O–H groups in total. The first-order valence-electron chi connectivity index (χ1n) is 6.19. The van der Waals surface area contributed by atoms with Gasteiger partial charge in [0.1, 0.15) is 5.82 Å². The van der Waals surface area contributed by atoms with Gasteiger partial charge in [-0.2, -0.15) is 4.98 Å². The summed E-state index contributed by atoms with van der Waals surface area (Å²) in [5.41, 5.74) is 6.80. The van der Waals surface area contributed by atoms with Crippen molar-refractivity contribution in [2.24, 2.45) is 0 Å². The summed E-state index contributed by atoms with van der Waals surface area (Å²) in [6.45, 7) is 3.86. The van der Waals surface area contributed by atoms with E-state index in [1.165, 1.54) is 0 Å². The SMILES string of the molecule is CC(=N)c1cnc(NC2CCN(C)CC2)nc1N. The lowest BCUT2D eigenvalue weighted by molar-refractivity contribution is 0.263. The van der Waals surface area contributed by atoms with Crippen LogP contribution in [0.2, 0.25) is 0 Å². The van der Waals surface area contributed by atoms with E-state index in [4.69, 9.17) is 11.1 Å². The van der Waals surface area contributed by atoms with Gasteiger partial charge >= 0.3 is 0 Å². The fraction of sp³-hybridized carbons (Fsp3) is 0.583. The highest BCUT2D eigenvalue weighted by atomic mass is 15.2. The van der Waals surface area contributed by atoms with Gasteiger partial charge in [-0.3, -0.25) is 0 Å². The molecule has 6 heteroatoms. The lowest BCUT2D eigenvalue weighted by Crippen LogP contribution is -2.37. The van der Waals surface area contributed by atoms with Gasteiger partial charge in [0.25, 0.3) is 0 Å². The van der Waals surface area contributed by atoms with Gasteiger partial charge in [-0.15, -0.1) is 0 Å². The summed E-state index contributed by atoms with van der Waals surface area (Å²) in [6, 6.07) is 0.410. The minimum Gasteiger partial charge on any atom is -0.383 e. The van der Waals surface area contributed by atoms with Gasteiger partial charge in [-0.05, 0) is 39.9 Å². The number of nitrogens with zero attached hydrogens (tertiary/aromatic N) is 3. The summed E-state index contributed by atoms with van der Waals surface area (Å²) < 4.78 is 0. The Kier molecular flexibility index (Phi) is 3.76. The van der Waals surface area contributed by atoms with E-state index >= 15 is 0 Å². The van der Waals surface area contributed by atoms with Crippen LogP contribution in [0.1, 0.15) is 25.3 Å². The molecule has 1 aliphatic rings. The maximum atomic E-state index is 7.54. The van der Waals surface area contributed by atoms with E-state index in [1.807, 2.05) is 0 Å². The molecule has 0 spiro atoms. The highest BCUT2D eigenvalue weighted by molar-refractivity contribution is 5.99. The van der Waals surface area contributed by atoms with E-state index in [-0.39, 0.29) is 0 Å². The molecule has 18 heavy (non-hydrogen) atoms. The molecule has 0 atom stereocenters. The minimum atomic E-state index is 0.368. The maximum Gasteiger partial charge on any atom is 0.224 e. The molecule has 1 aromatic rings. The van der Waals surface area contributed by atoms with Crippen molar-refractivity contribution in [3.63, 3.8) is 0 Å². The average Bonchev–Trinajstić information content (AvgIpc) is 2.32. The van der Waals surface area contributed by atoms with Crippen LogP contribution in [-0.2, 0) is 0 Å². The molecule has 1 aliphatic heterocycles. The molecule has 0 aromatic carbocycles. The molecule has 1 aromatic heterocycles. The summed E-state index contributed by atoms with van der Waals surface area (Å²) >= 11 is 0. The Morgan fingerprint density at radius 2 is 2.17 bits per heavy atom. The van der Waals surface area contributed by atoms with Crippen LogP contribution in [-0.4, -0.2) is 46.8 Å². The highest BCUT2D eigenvalue weighted by Crippen LogP contribution is 2.15. The van der Waals surface area contributed by atoms with E-state index in [0.717, 1.165) is 25.9 Å². The number of hydrogen-bond acceptors (Lipinski definition) is 6. The van der Waals surface area contributed by atoms with Crippen molar-refractivity contribution in [1.29, 1.82) is 5.41 Å². The van der Waals surface area contributed by atoms with Gasteiger partial charge in [0.15, 0.2) is 0 Å². The summed E-state index contributed by atoms with van der Waals surface area (Å²) in [5.74, 6) is 0.931. The van der Waals surface area contributed by atoms with E-state index in [9.17, 15) is 0 Å². The number of nitrogens with one attached hydrogen (secondary N) is 2. The molecule has 6 nitrogen and oxygen atoms in total. The normalized spacial score (nSPS) is 17.7. The van der Waals surface area contributed by atoms with Crippen LogP contribution in [0.3, 0.4) is 0 Å². The van der Waals surface area contributed by atoms with Crippen molar-refractivity contribution in [3.05, 3.63) is 11.8 Å². The molecular formula is C12H20N6. The number of rotatable bonds is 3. The first-order chi connectivity index (χ1) is 8.56. The average molecular weight is 248 g/mol. The third-order valence-electron chi connectivity index (χ3n) is 3.27. The fourth-order valence-corrected chi connectivity index (χ4v) is 2.09. The lowest BCUT2D eigenvalue weighted by atomic mass is 10.1. The van der Waals surface area contributed by atoms with Crippen molar-refractivity contribution < 1.29 is 0 Å². The maximum absolute atomic E-state index is 7.54. The second-order valence-electron chi connectivity index (χ2n) is 4.84. The Morgan fingerprint density at radius 3 is 2.72 bits per heavy atom. The first kappa shape index (κ1) is 12.8. The zero-order chi connectivity index (χ0) is 13.1. The van der Waals surface area contributed by atoms with Crippen molar-refractivity contribution >= 4 is 17.5 Å². The fourth-order valence-electron chi connectivity index (χ4n) is 2.09. The lowest BCUT2D eigenvalue weighted by Gasteiger charge is -2.29. The molecule has 0 unspecified atom stereocenters. The van der Waals surface area contributed by atoms with Crippen LogP contribution in [0.4, 0.5) is 11.8 Å². The van der Waals surface area contributed by atoms with Crippen LogP contribution < -0.4 is 11.1 Å². The molecule has 2 heterocycles. The van der Waals surface area contributed by atoms with Gasteiger partial charge in [-0.25, -0.2) is 4.98 Å². The van der Waals surface area contributed by atoms with Crippen LogP contribution in [0, 0.1) is 5.41 Å². The Balaban J connectivity index is 2.02. The number of piperidine rings is 1. The molecule has 0 saturated carbocycles. The van der Waals surface area contributed by atoms with Crippen molar-refractivity contribution in [2.75, 3.05) is 31.2 Å². The third kappa shape index (κ3) is 2.95. The molecule has 2 rings (SSSR count). The largest absolute Gasteiger partial charge is 0.383 e. The topological polar surface area (TPSA) is 90.9 Å². The molecule has 1 fully saturated rings. The van der Waals surface area contributed by atoms with Crippen LogP contribution in [0.15, 0.2) is 6.20 Å². The minimum absolute atomic E-state index is 0.368. The van der Waals surface area contributed by atoms with E-state index < -0.39 is 0 Å². The molecule has 1 saturated heterocycles. The highest BCUT2D eigenvalue weighted by Gasteiger charge is 2.17. The quantitative estimate of drug-likeness (QED) is 0.693. The van der Waals surface area contributed by atoms with Gasteiger partial charge in [-0.1, -0.05) is 0 Å². The molecule has 0 aliphatic carbocycles. The number of anilines is 2. The third-order valence-corrected chi connectivity index (χ3v) is 3.27.